The predicted octanol–water partition coefficient (Wildman–Crippen LogP) is 0.591. The summed E-state index contributed by atoms with van der Waals surface area (Å²) in [6, 6.07) is 0.148. The van der Waals surface area contributed by atoms with E-state index < -0.39 is 5.41 Å². The summed E-state index contributed by atoms with van der Waals surface area (Å²) in [5.74, 6) is 0.0634. The molecule has 3 N–H and O–H groups in total. The quantitative estimate of drug-likeness (QED) is 0.683. The third-order valence-electron chi connectivity index (χ3n) is 2.53. The van der Waals surface area contributed by atoms with Crippen LogP contribution in [0, 0.1) is 5.41 Å². The van der Waals surface area contributed by atoms with E-state index in [1.54, 1.807) is 4.90 Å². The topological polar surface area (TPSA) is 66.6 Å². The zero-order chi connectivity index (χ0) is 12.1. The number of carbonyl (C=O) groups excluding carboxylic acids is 1. The minimum atomic E-state index is -0.514. The van der Waals surface area contributed by atoms with Crippen LogP contribution in [0.5, 0.6) is 0 Å². The van der Waals surface area contributed by atoms with Crippen molar-refractivity contribution in [3.63, 3.8) is 0 Å². The second kappa shape index (κ2) is 6.08. The Morgan fingerprint density at radius 1 is 1.47 bits per heavy atom. The second-order valence-corrected chi connectivity index (χ2v) is 4.76. The molecule has 0 radical (unpaired) electrons. The van der Waals surface area contributed by atoms with Crippen LogP contribution < -0.4 is 5.73 Å². The van der Waals surface area contributed by atoms with E-state index in [9.17, 15) is 4.79 Å². The minimum absolute atomic E-state index is 0.0634. The molecular formula is C11H24N2O2. The van der Waals surface area contributed by atoms with E-state index in [0.717, 1.165) is 0 Å². The van der Waals surface area contributed by atoms with Crippen molar-refractivity contribution < 1.29 is 9.90 Å². The Morgan fingerprint density at radius 2 is 2.00 bits per heavy atom. The summed E-state index contributed by atoms with van der Waals surface area (Å²) in [4.78, 5) is 13.9. The molecule has 0 saturated carbocycles. The summed E-state index contributed by atoms with van der Waals surface area (Å²) in [6.07, 6.45) is 0.616. The maximum Gasteiger partial charge on any atom is 0.229 e. The highest BCUT2D eigenvalue weighted by Crippen LogP contribution is 2.18. The summed E-state index contributed by atoms with van der Waals surface area (Å²) >= 11 is 0. The first kappa shape index (κ1) is 14.4. The average molecular weight is 216 g/mol. The van der Waals surface area contributed by atoms with Gasteiger partial charge in [0.1, 0.15) is 0 Å². The molecule has 4 nitrogen and oxygen atoms in total. The molecule has 0 fully saturated rings. The minimum Gasteiger partial charge on any atom is -0.396 e. The van der Waals surface area contributed by atoms with E-state index in [4.69, 9.17) is 10.8 Å². The molecule has 0 aromatic carbocycles. The Labute approximate surface area is 92.4 Å². The highest BCUT2D eigenvalue weighted by Gasteiger charge is 2.31. The molecule has 0 spiro atoms. The van der Waals surface area contributed by atoms with Crippen LogP contribution in [0.4, 0.5) is 0 Å². The maximum atomic E-state index is 12.1. The van der Waals surface area contributed by atoms with Gasteiger partial charge < -0.3 is 15.7 Å². The molecule has 0 saturated heterocycles. The van der Waals surface area contributed by atoms with Crippen molar-refractivity contribution in [2.24, 2.45) is 11.1 Å². The van der Waals surface area contributed by atoms with Gasteiger partial charge >= 0.3 is 0 Å². The molecule has 0 aliphatic carbocycles. The van der Waals surface area contributed by atoms with Gasteiger partial charge in [-0.05, 0) is 34.1 Å². The number of nitrogens with two attached hydrogens (primary N) is 1. The molecule has 15 heavy (non-hydrogen) atoms. The van der Waals surface area contributed by atoms with E-state index in [1.165, 1.54) is 0 Å². The first-order valence-electron chi connectivity index (χ1n) is 5.48. The normalized spacial score (nSPS) is 11.9. The number of rotatable bonds is 6. The Kier molecular flexibility index (Phi) is 5.83. The standard InChI is InChI=1S/C11H24N2O2/c1-9(2)13(6-5-7-14)10(15)11(3,4)8-12/h9,14H,5-8,12H2,1-4H3. The second-order valence-electron chi connectivity index (χ2n) is 4.76. The molecule has 1 amide bonds. The van der Waals surface area contributed by atoms with Gasteiger partial charge in [0.25, 0.3) is 0 Å². The van der Waals surface area contributed by atoms with Gasteiger partial charge in [-0.3, -0.25) is 4.79 Å². The molecule has 0 heterocycles. The van der Waals surface area contributed by atoms with Crippen LogP contribution in [0.3, 0.4) is 0 Å². The lowest BCUT2D eigenvalue weighted by atomic mass is 9.91. The number of aliphatic hydroxyl groups excluding tert-OH is 1. The lowest BCUT2D eigenvalue weighted by Crippen LogP contribution is -2.48. The van der Waals surface area contributed by atoms with Crippen LogP contribution in [0.15, 0.2) is 0 Å². The SMILES string of the molecule is CC(C)N(CCCO)C(=O)C(C)(C)CN. The molecule has 0 atom stereocenters. The fraction of sp³-hybridized carbons (Fsp3) is 0.909. The van der Waals surface area contributed by atoms with Crippen LogP contribution in [-0.2, 0) is 4.79 Å². The van der Waals surface area contributed by atoms with Gasteiger partial charge in [0.2, 0.25) is 5.91 Å². The van der Waals surface area contributed by atoms with E-state index in [2.05, 4.69) is 0 Å². The van der Waals surface area contributed by atoms with E-state index in [-0.39, 0.29) is 18.6 Å². The predicted molar refractivity (Wildman–Crippen MR) is 61.4 cm³/mol. The molecule has 0 aliphatic rings. The van der Waals surface area contributed by atoms with Crippen LogP contribution in [0.1, 0.15) is 34.1 Å². The first-order chi connectivity index (χ1) is 6.86. The number of aliphatic hydroxyl groups is 1. The van der Waals surface area contributed by atoms with Crippen molar-refractivity contribution in [1.82, 2.24) is 4.90 Å². The lowest BCUT2D eigenvalue weighted by Gasteiger charge is -2.34. The summed E-state index contributed by atoms with van der Waals surface area (Å²) < 4.78 is 0. The molecule has 0 aliphatic heterocycles. The van der Waals surface area contributed by atoms with E-state index in [1.807, 2.05) is 27.7 Å². The molecule has 90 valence electrons. The fourth-order valence-electron chi connectivity index (χ4n) is 1.31. The van der Waals surface area contributed by atoms with Crippen LogP contribution in [0.2, 0.25) is 0 Å². The van der Waals surface area contributed by atoms with Crippen molar-refractivity contribution in [1.29, 1.82) is 0 Å². The lowest BCUT2D eigenvalue weighted by molar-refractivity contribution is -0.141. The molecule has 0 aromatic rings. The molecule has 4 heteroatoms. The van der Waals surface area contributed by atoms with Gasteiger partial charge in [0.15, 0.2) is 0 Å². The molecule has 0 unspecified atom stereocenters. The number of carbonyl (C=O) groups is 1. The van der Waals surface area contributed by atoms with Gasteiger partial charge in [-0.1, -0.05) is 0 Å². The zero-order valence-electron chi connectivity index (χ0n) is 10.3. The van der Waals surface area contributed by atoms with Crippen molar-refractivity contribution in [3.8, 4) is 0 Å². The van der Waals surface area contributed by atoms with Crippen molar-refractivity contribution in [2.75, 3.05) is 19.7 Å². The third kappa shape index (κ3) is 4.18. The zero-order valence-corrected chi connectivity index (χ0v) is 10.3. The van der Waals surface area contributed by atoms with Crippen molar-refractivity contribution >= 4 is 5.91 Å². The third-order valence-corrected chi connectivity index (χ3v) is 2.53. The number of nitrogens with zero attached hydrogens (tertiary/aromatic N) is 1. The molecule has 0 aromatic heterocycles. The first-order valence-corrected chi connectivity index (χ1v) is 5.48. The number of amides is 1. The smallest absolute Gasteiger partial charge is 0.229 e. The Balaban J connectivity index is 4.55. The van der Waals surface area contributed by atoms with Gasteiger partial charge in [-0.2, -0.15) is 0 Å². The average Bonchev–Trinajstić information content (AvgIpc) is 2.17. The van der Waals surface area contributed by atoms with Gasteiger partial charge in [0, 0.05) is 25.7 Å². The van der Waals surface area contributed by atoms with E-state index >= 15 is 0 Å². The fourth-order valence-corrected chi connectivity index (χ4v) is 1.31. The molecular weight excluding hydrogens is 192 g/mol. The van der Waals surface area contributed by atoms with Gasteiger partial charge in [-0.15, -0.1) is 0 Å². The summed E-state index contributed by atoms with van der Waals surface area (Å²) in [7, 11) is 0. The Bertz CT molecular complexity index is 203. The van der Waals surface area contributed by atoms with Gasteiger partial charge in [-0.25, -0.2) is 0 Å². The molecule has 0 bridgehead atoms. The Hall–Kier alpha value is -0.610. The molecule has 0 rings (SSSR count). The van der Waals surface area contributed by atoms with Crippen LogP contribution in [0.25, 0.3) is 0 Å². The number of hydrogen-bond acceptors (Lipinski definition) is 3. The summed E-state index contributed by atoms with van der Waals surface area (Å²) in [5, 5.41) is 8.78. The maximum absolute atomic E-state index is 12.1. The van der Waals surface area contributed by atoms with Gasteiger partial charge in [0.05, 0.1) is 5.41 Å². The summed E-state index contributed by atoms with van der Waals surface area (Å²) in [5.41, 5.74) is 5.06. The number of hydrogen-bond donors (Lipinski definition) is 2. The van der Waals surface area contributed by atoms with Crippen LogP contribution >= 0.6 is 0 Å². The van der Waals surface area contributed by atoms with Crippen molar-refractivity contribution in [2.45, 2.75) is 40.2 Å². The highest BCUT2D eigenvalue weighted by atomic mass is 16.3. The van der Waals surface area contributed by atoms with E-state index in [0.29, 0.717) is 19.5 Å². The summed E-state index contributed by atoms with van der Waals surface area (Å²) in [6.45, 7) is 8.70. The highest BCUT2D eigenvalue weighted by molar-refractivity contribution is 5.82. The van der Waals surface area contributed by atoms with Crippen LogP contribution in [-0.4, -0.2) is 41.7 Å². The largest absolute Gasteiger partial charge is 0.396 e. The monoisotopic (exact) mass is 216 g/mol. The Morgan fingerprint density at radius 3 is 2.33 bits per heavy atom. The van der Waals surface area contributed by atoms with Crippen molar-refractivity contribution in [3.05, 3.63) is 0 Å².